The minimum absolute atomic E-state index is 0.200. The zero-order valence-corrected chi connectivity index (χ0v) is 21.2. The number of fused-ring (bicyclic) bond motifs is 1. The molecule has 33 heavy (non-hydrogen) atoms. The summed E-state index contributed by atoms with van der Waals surface area (Å²) < 4.78 is 20.6. The maximum absolute atomic E-state index is 15.2. The molecule has 0 radical (unpaired) electrons. The van der Waals surface area contributed by atoms with Crippen molar-refractivity contribution in [2.75, 3.05) is 6.54 Å². The van der Waals surface area contributed by atoms with Gasteiger partial charge in [-0.3, -0.25) is 9.40 Å². The molecule has 11 heteroatoms. The van der Waals surface area contributed by atoms with Crippen LogP contribution in [0.25, 0.3) is 5.57 Å². The van der Waals surface area contributed by atoms with E-state index in [4.69, 9.17) is 23.2 Å². The molecule has 0 aliphatic heterocycles. The number of halogens is 3. The summed E-state index contributed by atoms with van der Waals surface area (Å²) in [6, 6.07) is 4.84. The van der Waals surface area contributed by atoms with Gasteiger partial charge >= 0.3 is 6.03 Å². The number of thiazole rings is 1. The van der Waals surface area contributed by atoms with E-state index in [1.807, 2.05) is 19.9 Å². The monoisotopic (exact) mass is 525 g/mol. The van der Waals surface area contributed by atoms with Crippen molar-refractivity contribution < 1.29 is 9.18 Å². The number of aromatic nitrogens is 3. The molecule has 2 N–H and O–H groups in total. The molecule has 0 fully saturated rings. The molecular formula is C22H22Cl2FN5OS2. The van der Waals surface area contributed by atoms with E-state index >= 15 is 4.39 Å². The maximum atomic E-state index is 15.2. The van der Waals surface area contributed by atoms with Gasteiger partial charge in [0.05, 0.1) is 35.7 Å². The number of urea groups is 1. The van der Waals surface area contributed by atoms with Crippen LogP contribution in [0.5, 0.6) is 0 Å². The van der Waals surface area contributed by atoms with E-state index in [0.717, 1.165) is 44.6 Å². The maximum Gasteiger partial charge on any atom is 0.325 e. The fourth-order valence-corrected chi connectivity index (χ4v) is 5.94. The molecule has 3 aromatic rings. The summed E-state index contributed by atoms with van der Waals surface area (Å²) in [6.45, 7) is 4.00. The van der Waals surface area contributed by atoms with Crippen molar-refractivity contribution in [2.24, 2.45) is 0 Å². The number of aryl methyl sites for hydroxylation is 3. The van der Waals surface area contributed by atoms with Crippen LogP contribution < -0.4 is 10.0 Å². The number of hydrogen-bond acceptors (Lipinski definition) is 5. The number of nitrogens with one attached hydrogen (secondary N) is 2. The average molecular weight is 526 g/mol. The molecule has 0 spiro atoms. The highest BCUT2D eigenvalue weighted by atomic mass is 35.5. The lowest BCUT2D eigenvalue weighted by molar-refractivity contribution is 0.246. The van der Waals surface area contributed by atoms with Crippen molar-refractivity contribution in [3.05, 3.63) is 67.8 Å². The van der Waals surface area contributed by atoms with Crippen LogP contribution in [0.4, 0.5) is 9.18 Å². The van der Waals surface area contributed by atoms with Crippen molar-refractivity contribution in [2.45, 2.75) is 43.9 Å². The normalized spacial score (nSPS) is 14.7. The number of amides is 2. The lowest BCUT2D eigenvalue weighted by atomic mass is 9.92. The van der Waals surface area contributed by atoms with Crippen LogP contribution in [0.15, 0.2) is 34.4 Å². The Morgan fingerprint density at radius 2 is 2.12 bits per heavy atom. The molecule has 174 valence electrons. The van der Waals surface area contributed by atoms with Crippen LogP contribution in [0.1, 0.15) is 40.4 Å². The topological polar surface area (TPSA) is 71.8 Å². The highest BCUT2D eigenvalue weighted by Gasteiger charge is 2.24. The Hall–Kier alpha value is -2.07. The number of hydrogen-bond donors (Lipinski definition) is 2. The van der Waals surface area contributed by atoms with E-state index in [1.54, 1.807) is 23.0 Å². The van der Waals surface area contributed by atoms with Crippen molar-refractivity contribution in [1.29, 1.82) is 0 Å². The van der Waals surface area contributed by atoms with Gasteiger partial charge in [0, 0.05) is 27.6 Å². The average Bonchev–Trinajstić information content (AvgIpc) is 3.34. The van der Waals surface area contributed by atoms with Gasteiger partial charge in [0.25, 0.3) is 0 Å². The van der Waals surface area contributed by atoms with Gasteiger partial charge in [-0.25, -0.2) is 14.2 Å². The van der Waals surface area contributed by atoms with Crippen molar-refractivity contribution in [1.82, 2.24) is 24.8 Å². The van der Waals surface area contributed by atoms with Crippen molar-refractivity contribution >= 4 is 58.1 Å². The summed E-state index contributed by atoms with van der Waals surface area (Å²) in [5.41, 5.74) is 4.03. The Labute approximate surface area is 209 Å². The summed E-state index contributed by atoms with van der Waals surface area (Å²) in [6.07, 6.45) is 4.02. The molecule has 0 saturated carbocycles. The molecule has 4 rings (SSSR count). The Bertz CT molecular complexity index is 1220. The van der Waals surface area contributed by atoms with Gasteiger partial charge in [0.1, 0.15) is 10.0 Å². The summed E-state index contributed by atoms with van der Waals surface area (Å²) in [5, 5.41) is 9.10. The van der Waals surface area contributed by atoms with E-state index in [9.17, 15) is 4.79 Å². The van der Waals surface area contributed by atoms with Crippen molar-refractivity contribution in [3.8, 4) is 0 Å². The lowest BCUT2D eigenvalue weighted by Gasteiger charge is -2.19. The Kier molecular flexibility index (Phi) is 7.63. The van der Waals surface area contributed by atoms with E-state index in [-0.39, 0.29) is 12.4 Å². The third kappa shape index (κ3) is 5.71. The predicted octanol–water partition coefficient (Wildman–Crippen LogP) is 6.33. The zero-order valence-electron chi connectivity index (χ0n) is 18.0. The van der Waals surface area contributed by atoms with Gasteiger partial charge in [-0.2, -0.15) is 5.10 Å². The molecule has 1 aromatic carbocycles. The van der Waals surface area contributed by atoms with E-state index in [2.05, 4.69) is 20.1 Å². The summed E-state index contributed by atoms with van der Waals surface area (Å²) in [4.78, 5) is 16.5. The number of allylic oxidation sites excluding steroid dienone is 1. The molecule has 0 saturated heterocycles. The molecule has 2 amide bonds. The first kappa shape index (κ1) is 24.1. The SMILES string of the molecule is Cc1nc(C)c(SNC(=O)NC/C(F)=C2\CCCc3cnn(Cc4ccc(Cl)cc4Cl)c32)s1. The minimum atomic E-state index is -0.460. The quantitative estimate of drug-likeness (QED) is 0.368. The first-order valence-corrected chi connectivity index (χ1v) is 12.7. The van der Waals surface area contributed by atoms with Crippen LogP contribution in [0.2, 0.25) is 10.0 Å². The highest BCUT2D eigenvalue weighted by molar-refractivity contribution is 7.99. The largest absolute Gasteiger partial charge is 0.331 e. The smallest absolute Gasteiger partial charge is 0.325 e. The Balaban J connectivity index is 1.45. The molecule has 2 aromatic heterocycles. The van der Waals surface area contributed by atoms with Crippen LogP contribution in [-0.2, 0) is 13.0 Å². The summed E-state index contributed by atoms with van der Waals surface area (Å²) >= 11 is 15.0. The van der Waals surface area contributed by atoms with Crippen molar-refractivity contribution in [3.63, 3.8) is 0 Å². The second-order valence-electron chi connectivity index (χ2n) is 7.64. The molecule has 0 atom stereocenters. The fraction of sp³-hybridized carbons (Fsp3) is 0.318. The standard InChI is InChI=1S/C22H22Cl2FN5OS2/c1-12-21(32-13(2)28-12)33-29-22(31)26-10-19(25)17-5-3-4-14-9-27-30(20(14)17)11-15-6-7-16(23)8-18(15)24/h6-9H,3-5,10-11H2,1-2H3,(H2,26,29,31)/b19-17-. The summed E-state index contributed by atoms with van der Waals surface area (Å²) in [5.74, 6) is -0.370. The van der Waals surface area contributed by atoms with Gasteiger partial charge < -0.3 is 5.32 Å². The van der Waals surface area contributed by atoms with Gasteiger partial charge in [0.15, 0.2) is 0 Å². The number of carbonyl (C=O) groups is 1. The molecule has 6 nitrogen and oxygen atoms in total. The highest BCUT2D eigenvalue weighted by Crippen LogP contribution is 2.34. The third-order valence-electron chi connectivity index (χ3n) is 5.24. The summed E-state index contributed by atoms with van der Waals surface area (Å²) in [7, 11) is 0. The second kappa shape index (κ2) is 10.5. The van der Waals surface area contributed by atoms with Crippen LogP contribution in [0, 0.1) is 13.8 Å². The molecule has 1 aliphatic carbocycles. The second-order valence-corrected chi connectivity index (χ2v) is 10.8. The van der Waals surface area contributed by atoms with E-state index in [0.29, 0.717) is 28.6 Å². The minimum Gasteiger partial charge on any atom is -0.331 e. The third-order valence-corrected chi connectivity index (χ3v) is 7.96. The van der Waals surface area contributed by atoms with Gasteiger partial charge in [-0.1, -0.05) is 29.3 Å². The molecule has 0 unspecified atom stereocenters. The first-order valence-electron chi connectivity index (χ1n) is 10.3. The molecule has 1 aliphatic rings. The predicted molar refractivity (Wildman–Crippen MR) is 133 cm³/mol. The Morgan fingerprint density at radius 1 is 1.30 bits per heavy atom. The van der Waals surface area contributed by atoms with Gasteiger partial charge in [-0.05, 0) is 56.4 Å². The zero-order chi connectivity index (χ0) is 23.5. The number of nitrogens with zero attached hydrogens (tertiary/aromatic N) is 3. The molecule has 2 heterocycles. The van der Waals surface area contributed by atoms with Crippen LogP contribution in [0.3, 0.4) is 0 Å². The van der Waals surface area contributed by atoms with Crippen LogP contribution in [-0.4, -0.2) is 27.3 Å². The Morgan fingerprint density at radius 3 is 2.85 bits per heavy atom. The van der Waals surface area contributed by atoms with E-state index < -0.39 is 6.03 Å². The fourth-order valence-electron chi connectivity index (χ4n) is 3.73. The van der Waals surface area contributed by atoms with Crippen LogP contribution >= 0.6 is 46.5 Å². The number of carbonyl (C=O) groups excluding carboxylic acids is 1. The molecular weight excluding hydrogens is 504 g/mol. The number of benzene rings is 1. The van der Waals surface area contributed by atoms with Gasteiger partial charge in [-0.15, -0.1) is 11.3 Å². The first-order chi connectivity index (χ1) is 15.8. The van der Waals surface area contributed by atoms with E-state index in [1.165, 1.54) is 23.3 Å². The number of rotatable bonds is 6. The lowest BCUT2D eigenvalue weighted by Crippen LogP contribution is -2.32. The van der Waals surface area contributed by atoms with Gasteiger partial charge in [0.2, 0.25) is 0 Å². The molecule has 0 bridgehead atoms.